The van der Waals surface area contributed by atoms with Gasteiger partial charge in [-0.1, -0.05) is 6.07 Å². The summed E-state index contributed by atoms with van der Waals surface area (Å²) in [7, 11) is 0. The fraction of sp³-hybridized carbons (Fsp3) is 0.143. The molecular weight excluding hydrogens is 126 g/mol. The molecule has 0 aromatic carbocycles. The second-order valence-corrected chi connectivity index (χ2v) is 2.01. The maximum atomic E-state index is 4.94. The molecule has 0 amide bonds. The molecule has 0 bridgehead atoms. The Hall–Kier alpha value is -1.38. The molecule has 0 aliphatic rings. The Balaban J connectivity index is 2.89. The zero-order chi connectivity index (χ0) is 7.40. The quantitative estimate of drug-likeness (QED) is 0.350. The van der Waals surface area contributed by atoms with Gasteiger partial charge in [-0.3, -0.25) is 4.98 Å². The maximum Gasteiger partial charge on any atom is 0.0553 e. The van der Waals surface area contributed by atoms with Crippen LogP contribution in [-0.2, 0) is 0 Å². The van der Waals surface area contributed by atoms with Crippen LogP contribution < -0.4 is 5.84 Å². The van der Waals surface area contributed by atoms with Crippen molar-refractivity contribution in [2.75, 3.05) is 0 Å². The van der Waals surface area contributed by atoms with Gasteiger partial charge in [-0.2, -0.15) is 5.10 Å². The predicted octanol–water partition coefficient (Wildman–Crippen LogP) is 0.683. The number of pyridine rings is 1. The first-order chi connectivity index (χ1) is 4.83. The Kier molecular flexibility index (Phi) is 1.99. The average molecular weight is 135 g/mol. The van der Waals surface area contributed by atoms with Gasteiger partial charge in [0.1, 0.15) is 0 Å². The number of aryl methyl sites for hydroxylation is 1. The highest BCUT2D eigenvalue weighted by Crippen LogP contribution is 1.94. The molecule has 0 saturated heterocycles. The van der Waals surface area contributed by atoms with Crippen molar-refractivity contribution in [1.29, 1.82) is 0 Å². The van der Waals surface area contributed by atoms with Gasteiger partial charge in [-0.25, -0.2) is 0 Å². The van der Waals surface area contributed by atoms with E-state index in [9.17, 15) is 0 Å². The highest BCUT2D eigenvalue weighted by atomic mass is 15.1. The molecule has 1 aromatic heterocycles. The molecule has 0 spiro atoms. The number of nitrogens with two attached hydrogens (primary N) is 1. The first-order valence-corrected chi connectivity index (χ1v) is 2.99. The van der Waals surface area contributed by atoms with Crippen molar-refractivity contribution in [2.45, 2.75) is 6.92 Å². The first-order valence-electron chi connectivity index (χ1n) is 2.99. The SMILES string of the molecule is Cc1ccc(/C=N/N)cn1. The molecule has 10 heavy (non-hydrogen) atoms. The van der Waals surface area contributed by atoms with Gasteiger partial charge in [0.15, 0.2) is 0 Å². The predicted molar refractivity (Wildman–Crippen MR) is 40.8 cm³/mol. The fourth-order valence-electron chi connectivity index (χ4n) is 0.642. The van der Waals surface area contributed by atoms with Crippen LogP contribution in [0.5, 0.6) is 0 Å². The van der Waals surface area contributed by atoms with Crippen LogP contribution in [0.4, 0.5) is 0 Å². The number of hydrogen-bond donors (Lipinski definition) is 1. The highest BCUT2D eigenvalue weighted by Gasteiger charge is 1.85. The Morgan fingerprint density at radius 2 is 2.40 bits per heavy atom. The lowest BCUT2D eigenvalue weighted by Gasteiger charge is -1.90. The number of rotatable bonds is 1. The molecule has 0 atom stereocenters. The molecular formula is C7H9N3. The van der Waals surface area contributed by atoms with Crippen LogP contribution in [0.15, 0.2) is 23.4 Å². The number of hydrogen-bond acceptors (Lipinski definition) is 3. The second-order valence-electron chi connectivity index (χ2n) is 2.01. The van der Waals surface area contributed by atoms with Gasteiger partial charge in [0.05, 0.1) is 6.21 Å². The average Bonchev–Trinajstić information content (AvgIpc) is 1.95. The summed E-state index contributed by atoms with van der Waals surface area (Å²) in [5.74, 6) is 4.94. The molecule has 2 N–H and O–H groups in total. The van der Waals surface area contributed by atoms with Crippen molar-refractivity contribution in [3.63, 3.8) is 0 Å². The Morgan fingerprint density at radius 1 is 1.60 bits per heavy atom. The number of aromatic nitrogens is 1. The highest BCUT2D eigenvalue weighted by molar-refractivity contribution is 5.78. The minimum atomic E-state index is 0.924. The summed E-state index contributed by atoms with van der Waals surface area (Å²) < 4.78 is 0. The first kappa shape index (κ1) is 6.74. The van der Waals surface area contributed by atoms with Crippen molar-refractivity contribution < 1.29 is 0 Å². The number of hydrazone groups is 1. The molecule has 1 rings (SSSR count). The van der Waals surface area contributed by atoms with E-state index < -0.39 is 0 Å². The summed E-state index contributed by atoms with van der Waals surface area (Å²) in [6, 6.07) is 3.83. The van der Waals surface area contributed by atoms with Crippen LogP contribution in [0.25, 0.3) is 0 Å². The second kappa shape index (κ2) is 2.96. The van der Waals surface area contributed by atoms with Crippen LogP contribution in [0, 0.1) is 6.92 Å². The minimum absolute atomic E-state index is 0.924. The maximum absolute atomic E-state index is 4.94. The summed E-state index contributed by atoms with van der Waals surface area (Å²) in [4.78, 5) is 4.05. The van der Waals surface area contributed by atoms with E-state index in [1.165, 1.54) is 0 Å². The van der Waals surface area contributed by atoms with Gasteiger partial charge in [0.2, 0.25) is 0 Å². The lowest BCUT2D eigenvalue weighted by Crippen LogP contribution is -1.88. The topological polar surface area (TPSA) is 51.3 Å². The van der Waals surface area contributed by atoms with E-state index >= 15 is 0 Å². The number of nitrogens with zero attached hydrogens (tertiary/aromatic N) is 2. The summed E-state index contributed by atoms with van der Waals surface area (Å²) >= 11 is 0. The van der Waals surface area contributed by atoms with Gasteiger partial charge in [0.25, 0.3) is 0 Å². The molecule has 0 fully saturated rings. The Morgan fingerprint density at radius 3 is 2.90 bits per heavy atom. The standard InChI is InChI=1S/C7H9N3/c1-6-2-3-7(4-9-6)5-10-8/h2-5H,8H2,1H3/b10-5+. The largest absolute Gasteiger partial charge is 0.323 e. The van der Waals surface area contributed by atoms with Crippen LogP contribution in [0.1, 0.15) is 11.3 Å². The van der Waals surface area contributed by atoms with Crippen LogP contribution in [0.3, 0.4) is 0 Å². The van der Waals surface area contributed by atoms with E-state index in [-0.39, 0.29) is 0 Å². The molecule has 52 valence electrons. The van der Waals surface area contributed by atoms with E-state index in [0.29, 0.717) is 0 Å². The van der Waals surface area contributed by atoms with E-state index in [0.717, 1.165) is 11.3 Å². The van der Waals surface area contributed by atoms with Crippen LogP contribution in [0.2, 0.25) is 0 Å². The van der Waals surface area contributed by atoms with Gasteiger partial charge >= 0.3 is 0 Å². The van der Waals surface area contributed by atoms with E-state index in [1.807, 2.05) is 19.1 Å². The van der Waals surface area contributed by atoms with E-state index in [4.69, 9.17) is 5.84 Å². The zero-order valence-corrected chi connectivity index (χ0v) is 5.78. The minimum Gasteiger partial charge on any atom is -0.323 e. The van der Waals surface area contributed by atoms with Crippen molar-refractivity contribution in [3.8, 4) is 0 Å². The molecule has 0 aliphatic carbocycles. The molecule has 3 heteroatoms. The van der Waals surface area contributed by atoms with Crippen molar-refractivity contribution in [2.24, 2.45) is 10.9 Å². The summed E-state index contributed by atoms with van der Waals surface area (Å²) in [5, 5.41) is 3.37. The smallest absolute Gasteiger partial charge is 0.0553 e. The molecule has 1 aromatic rings. The summed E-state index contributed by atoms with van der Waals surface area (Å²) in [5.41, 5.74) is 1.92. The van der Waals surface area contributed by atoms with Gasteiger partial charge in [0, 0.05) is 17.5 Å². The summed E-state index contributed by atoms with van der Waals surface area (Å²) in [6.07, 6.45) is 3.29. The third kappa shape index (κ3) is 1.55. The van der Waals surface area contributed by atoms with Crippen molar-refractivity contribution in [3.05, 3.63) is 29.6 Å². The van der Waals surface area contributed by atoms with E-state index in [1.54, 1.807) is 12.4 Å². The summed E-state index contributed by atoms with van der Waals surface area (Å²) in [6.45, 7) is 1.93. The molecule has 0 aliphatic heterocycles. The molecule has 0 radical (unpaired) electrons. The van der Waals surface area contributed by atoms with Gasteiger partial charge in [-0.05, 0) is 13.0 Å². The monoisotopic (exact) mass is 135 g/mol. The zero-order valence-electron chi connectivity index (χ0n) is 5.78. The third-order valence-electron chi connectivity index (χ3n) is 1.16. The molecule has 0 unspecified atom stereocenters. The van der Waals surface area contributed by atoms with E-state index in [2.05, 4.69) is 10.1 Å². The fourth-order valence-corrected chi connectivity index (χ4v) is 0.642. The lowest BCUT2D eigenvalue weighted by atomic mass is 10.3. The normalized spacial score (nSPS) is 10.5. The van der Waals surface area contributed by atoms with Crippen molar-refractivity contribution in [1.82, 2.24) is 4.98 Å². The van der Waals surface area contributed by atoms with Gasteiger partial charge in [-0.15, -0.1) is 0 Å². The Bertz CT molecular complexity index is 225. The Labute approximate surface area is 59.6 Å². The molecule has 3 nitrogen and oxygen atoms in total. The van der Waals surface area contributed by atoms with Crippen LogP contribution >= 0.6 is 0 Å². The van der Waals surface area contributed by atoms with Crippen LogP contribution in [-0.4, -0.2) is 11.2 Å². The van der Waals surface area contributed by atoms with Gasteiger partial charge < -0.3 is 5.84 Å². The third-order valence-corrected chi connectivity index (χ3v) is 1.16. The molecule has 0 saturated carbocycles. The molecule has 1 heterocycles. The lowest BCUT2D eigenvalue weighted by molar-refractivity contribution is 1.19. The van der Waals surface area contributed by atoms with Crippen molar-refractivity contribution >= 4 is 6.21 Å².